The number of anilines is 1. The van der Waals surface area contributed by atoms with Crippen LogP contribution < -0.4 is 10.6 Å². The number of thiophene rings is 1. The lowest BCUT2D eigenvalue weighted by molar-refractivity contribution is 0.175. The zero-order valence-corrected chi connectivity index (χ0v) is 14.0. The van der Waals surface area contributed by atoms with Crippen LogP contribution >= 0.6 is 11.3 Å². The highest BCUT2D eigenvalue weighted by Crippen LogP contribution is 2.31. The third-order valence-corrected chi connectivity index (χ3v) is 4.43. The van der Waals surface area contributed by atoms with Crippen LogP contribution in [0.15, 0.2) is 54.2 Å². The van der Waals surface area contributed by atoms with Gasteiger partial charge in [0.25, 0.3) is 0 Å². The first kappa shape index (κ1) is 16.2. The molecule has 0 aliphatic carbocycles. The largest absolute Gasteiger partial charge is 0.386 e. The zero-order chi connectivity index (χ0) is 16.9. The maximum absolute atomic E-state index is 12.1. The Morgan fingerprint density at radius 3 is 2.88 bits per heavy atom. The average molecular weight is 342 g/mol. The third-order valence-electron chi connectivity index (χ3n) is 3.53. The quantitative estimate of drug-likeness (QED) is 0.667. The van der Waals surface area contributed by atoms with Gasteiger partial charge in [-0.1, -0.05) is 24.3 Å². The molecule has 0 saturated carbocycles. The van der Waals surface area contributed by atoms with Gasteiger partial charge in [-0.3, -0.25) is 4.68 Å². The number of nitrogens with one attached hydrogen (secondary N) is 2. The SMILES string of the molecule is Cn1cc(C(O)CNC(=O)Nc2ccccc2-c2cccs2)cn1. The van der Waals surface area contributed by atoms with Crippen molar-refractivity contribution in [3.63, 3.8) is 0 Å². The molecule has 3 N–H and O–H groups in total. The van der Waals surface area contributed by atoms with Crippen molar-refractivity contribution in [3.05, 3.63) is 59.7 Å². The molecule has 2 heterocycles. The Morgan fingerprint density at radius 1 is 1.33 bits per heavy atom. The van der Waals surface area contributed by atoms with Crippen molar-refractivity contribution in [1.82, 2.24) is 15.1 Å². The van der Waals surface area contributed by atoms with Gasteiger partial charge >= 0.3 is 6.03 Å². The van der Waals surface area contributed by atoms with Gasteiger partial charge in [0.1, 0.15) is 0 Å². The number of aliphatic hydroxyl groups excluding tert-OH is 1. The van der Waals surface area contributed by atoms with Crippen LogP contribution in [0.25, 0.3) is 10.4 Å². The number of amides is 2. The topological polar surface area (TPSA) is 79.2 Å². The van der Waals surface area contributed by atoms with Gasteiger partial charge in [0.15, 0.2) is 0 Å². The third kappa shape index (κ3) is 3.81. The number of nitrogens with zero attached hydrogens (tertiary/aromatic N) is 2. The molecule has 2 aromatic heterocycles. The molecule has 1 atom stereocenters. The fourth-order valence-electron chi connectivity index (χ4n) is 2.32. The molecular formula is C17H18N4O2S. The summed E-state index contributed by atoms with van der Waals surface area (Å²) in [6.07, 6.45) is 2.50. The molecule has 0 bridgehead atoms. The van der Waals surface area contributed by atoms with E-state index in [2.05, 4.69) is 15.7 Å². The molecular weight excluding hydrogens is 324 g/mol. The minimum atomic E-state index is -0.794. The molecule has 1 unspecified atom stereocenters. The second-order valence-electron chi connectivity index (χ2n) is 5.32. The van der Waals surface area contributed by atoms with E-state index in [4.69, 9.17) is 0 Å². The number of aliphatic hydroxyl groups is 1. The number of para-hydroxylation sites is 1. The molecule has 6 nitrogen and oxygen atoms in total. The Balaban J connectivity index is 1.61. The van der Waals surface area contributed by atoms with Gasteiger partial charge in [0.2, 0.25) is 0 Å². The van der Waals surface area contributed by atoms with Crippen LogP contribution in [0.4, 0.5) is 10.5 Å². The van der Waals surface area contributed by atoms with Gasteiger partial charge < -0.3 is 15.7 Å². The van der Waals surface area contributed by atoms with E-state index in [1.54, 1.807) is 35.5 Å². The van der Waals surface area contributed by atoms with E-state index >= 15 is 0 Å². The van der Waals surface area contributed by atoms with E-state index in [1.165, 1.54) is 0 Å². The van der Waals surface area contributed by atoms with Crippen molar-refractivity contribution < 1.29 is 9.90 Å². The zero-order valence-electron chi connectivity index (χ0n) is 13.1. The van der Waals surface area contributed by atoms with Crippen LogP contribution in [0.1, 0.15) is 11.7 Å². The molecule has 0 saturated heterocycles. The van der Waals surface area contributed by atoms with Crippen molar-refractivity contribution in [2.24, 2.45) is 7.05 Å². The number of carbonyl (C=O) groups excluding carboxylic acids is 1. The lowest BCUT2D eigenvalue weighted by atomic mass is 10.1. The number of benzene rings is 1. The summed E-state index contributed by atoms with van der Waals surface area (Å²) >= 11 is 1.61. The number of urea groups is 1. The summed E-state index contributed by atoms with van der Waals surface area (Å²) in [7, 11) is 1.78. The molecule has 2 amide bonds. The average Bonchev–Trinajstić information content (AvgIpc) is 3.25. The molecule has 3 aromatic rings. The first-order valence-corrected chi connectivity index (χ1v) is 8.36. The van der Waals surface area contributed by atoms with Gasteiger partial charge in [0.05, 0.1) is 18.0 Å². The van der Waals surface area contributed by atoms with E-state index < -0.39 is 6.10 Å². The van der Waals surface area contributed by atoms with E-state index in [9.17, 15) is 9.90 Å². The second kappa shape index (κ2) is 7.29. The number of rotatable bonds is 5. The van der Waals surface area contributed by atoms with Crippen LogP contribution in [-0.2, 0) is 7.05 Å². The molecule has 0 aliphatic rings. The molecule has 24 heavy (non-hydrogen) atoms. The second-order valence-corrected chi connectivity index (χ2v) is 6.27. The Morgan fingerprint density at radius 2 is 2.17 bits per heavy atom. The van der Waals surface area contributed by atoms with Crippen molar-refractivity contribution >= 4 is 23.1 Å². The summed E-state index contributed by atoms with van der Waals surface area (Å²) in [5.41, 5.74) is 2.36. The monoisotopic (exact) mass is 342 g/mol. The van der Waals surface area contributed by atoms with Crippen molar-refractivity contribution in [1.29, 1.82) is 0 Å². The number of aromatic nitrogens is 2. The maximum Gasteiger partial charge on any atom is 0.319 e. The molecule has 124 valence electrons. The maximum atomic E-state index is 12.1. The molecule has 7 heteroatoms. The first-order chi connectivity index (χ1) is 11.6. The highest BCUT2D eigenvalue weighted by Gasteiger charge is 2.12. The van der Waals surface area contributed by atoms with E-state index in [0.717, 1.165) is 16.1 Å². The standard InChI is InChI=1S/C17H18N4O2S/c1-21-11-12(9-19-21)15(22)10-18-17(23)20-14-6-3-2-5-13(14)16-7-4-8-24-16/h2-9,11,15,22H,10H2,1H3,(H2,18,20,23). The van der Waals surface area contributed by atoms with E-state index in [0.29, 0.717) is 5.56 Å². The summed E-state index contributed by atoms with van der Waals surface area (Å²) < 4.78 is 1.61. The fraction of sp³-hybridized carbons (Fsp3) is 0.176. The first-order valence-electron chi connectivity index (χ1n) is 7.48. The Hall–Kier alpha value is -2.64. The van der Waals surface area contributed by atoms with Gasteiger partial charge in [-0.05, 0) is 17.5 Å². The highest BCUT2D eigenvalue weighted by molar-refractivity contribution is 7.13. The van der Waals surface area contributed by atoms with Crippen LogP contribution in [0.3, 0.4) is 0 Å². The van der Waals surface area contributed by atoms with E-state index in [1.807, 2.05) is 41.8 Å². The Bertz CT molecular complexity index is 814. The summed E-state index contributed by atoms with van der Waals surface area (Å²) in [5, 5.41) is 21.6. The lowest BCUT2D eigenvalue weighted by Gasteiger charge is -2.13. The minimum Gasteiger partial charge on any atom is -0.386 e. The lowest BCUT2D eigenvalue weighted by Crippen LogP contribution is -2.32. The van der Waals surface area contributed by atoms with Crippen molar-refractivity contribution in [3.8, 4) is 10.4 Å². The molecule has 0 radical (unpaired) electrons. The Labute approximate surface area is 143 Å². The van der Waals surface area contributed by atoms with Crippen molar-refractivity contribution in [2.45, 2.75) is 6.10 Å². The van der Waals surface area contributed by atoms with Crippen LogP contribution in [0.2, 0.25) is 0 Å². The summed E-state index contributed by atoms with van der Waals surface area (Å²) in [6.45, 7) is 0.110. The fourth-order valence-corrected chi connectivity index (χ4v) is 3.09. The molecule has 0 spiro atoms. The van der Waals surface area contributed by atoms with Gasteiger partial charge in [-0.15, -0.1) is 11.3 Å². The van der Waals surface area contributed by atoms with Gasteiger partial charge in [-0.25, -0.2) is 4.79 Å². The molecule has 0 aliphatic heterocycles. The summed E-state index contributed by atoms with van der Waals surface area (Å²) in [5.74, 6) is 0. The summed E-state index contributed by atoms with van der Waals surface area (Å²) in [6, 6.07) is 11.2. The van der Waals surface area contributed by atoms with Gasteiger partial charge in [-0.2, -0.15) is 5.10 Å². The highest BCUT2D eigenvalue weighted by atomic mass is 32.1. The van der Waals surface area contributed by atoms with Crippen LogP contribution in [0.5, 0.6) is 0 Å². The normalized spacial score (nSPS) is 11.9. The van der Waals surface area contributed by atoms with Gasteiger partial charge in [0, 0.05) is 35.8 Å². The van der Waals surface area contributed by atoms with Crippen molar-refractivity contribution in [2.75, 3.05) is 11.9 Å². The predicted molar refractivity (Wildman–Crippen MR) is 94.9 cm³/mol. The number of hydrogen-bond donors (Lipinski definition) is 3. The van der Waals surface area contributed by atoms with E-state index in [-0.39, 0.29) is 12.6 Å². The smallest absolute Gasteiger partial charge is 0.319 e. The molecule has 0 fully saturated rings. The number of hydrogen-bond acceptors (Lipinski definition) is 4. The molecule has 1 aromatic carbocycles. The molecule has 3 rings (SSSR count). The van der Waals surface area contributed by atoms with Crippen LogP contribution in [-0.4, -0.2) is 27.5 Å². The predicted octanol–water partition coefficient (Wildman–Crippen LogP) is 3.00. The van der Waals surface area contributed by atoms with Crippen LogP contribution in [0, 0.1) is 0 Å². The Kier molecular flexibility index (Phi) is 4.93. The minimum absolute atomic E-state index is 0.110. The summed E-state index contributed by atoms with van der Waals surface area (Å²) in [4.78, 5) is 13.2. The number of carbonyl (C=O) groups is 1. The number of aryl methyl sites for hydroxylation is 1.